The Hall–Kier alpha value is -2.24. The lowest BCUT2D eigenvalue weighted by atomic mass is 9.96. The second kappa shape index (κ2) is 6.68. The maximum Gasteiger partial charge on any atom is 0.269 e. The first-order valence-corrected chi connectivity index (χ1v) is 7.08. The smallest absolute Gasteiger partial charge is 0.258 e. The van der Waals surface area contributed by atoms with Crippen LogP contribution in [0.25, 0.3) is 0 Å². The average Bonchev–Trinajstić information content (AvgIpc) is 2.53. The van der Waals surface area contributed by atoms with Crippen molar-refractivity contribution in [3.05, 3.63) is 75.3 Å². The molecule has 0 saturated heterocycles. The normalized spacial score (nSPS) is 11.4. The van der Waals surface area contributed by atoms with Crippen LogP contribution >= 0.6 is 0 Å². The van der Waals surface area contributed by atoms with Crippen LogP contribution in [-0.4, -0.2) is 10.2 Å². The number of rotatable bonds is 6. The molecule has 0 fully saturated rings. The minimum Gasteiger partial charge on any atom is -0.258 e. The van der Waals surface area contributed by atoms with Crippen molar-refractivity contribution in [3.8, 4) is 0 Å². The Morgan fingerprint density at radius 2 is 1.45 bits per heavy atom. The molecule has 0 radical (unpaired) electrons. The zero-order valence-corrected chi connectivity index (χ0v) is 12.7. The summed E-state index contributed by atoms with van der Waals surface area (Å²) in [6.07, 6.45) is 1.66. The SMILES string of the molecule is CC(C)(OO)c1ccc(CCc2ccc([N+](=O)[O-])cc2)cc1. The highest BCUT2D eigenvalue weighted by Gasteiger charge is 2.20. The monoisotopic (exact) mass is 301 g/mol. The van der Waals surface area contributed by atoms with Gasteiger partial charge >= 0.3 is 0 Å². The third-order valence-corrected chi connectivity index (χ3v) is 3.73. The highest BCUT2D eigenvalue weighted by molar-refractivity contribution is 5.33. The lowest BCUT2D eigenvalue weighted by molar-refractivity contribution is -0.384. The fourth-order valence-corrected chi connectivity index (χ4v) is 2.20. The molecule has 2 aromatic rings. The van der Waals surface area contributed by atoms with Crippen LogP contribution in [0.5, 0.6) is 0 Å². The molecule has 2 aromatic carbocycles. The minimum absolute atomic E-state index is 0.110. The number of nitrogens with zero attached hydrogens (tertiary/aromatic N) is 1. The van der Waals surface area contributed by atoms with Crippen LogP contribution in [0.4, 0.5) is 5.69 Å². The first-order valence-electron chi connectivity index (χ1n) is 7.08. The summed E-state index contributed by atoms with van der Waals surface area (Å²) < 4.78 is 0. The number of non-ortho nitro benzene ring substituents is 1. The third-order valence-electron chi connectivity index (χ3n) is 3.73. The van der Waals surface area contributed by atoms with Crippen LogP contribution in [0.1, 0.15) is 30.5 Å². The van der Waals surface area contributed by atoms with Crippen LogP contribution in [0.3, 0.4) is 0 Å². The number of hydrogen-bond acceptors (Lipinski definition) is 4. The number of hydrogen-bond donors (Lipinski definition) is 1. The Morgan fingerprint density at radius 3 is 1.86 bits per heavy atom. The summed E-state index contributed by atoms with van der Waals surface area (Å²) in [6, 6.07) is 14.5. The predicted octanol–water partition coefficient (Wildman–Crippen LogP) is 4.10. The molecule has 0 saturated carbocycles. The maximum absolute atomic E-state index is 10.6. The number of benzene rings is 2. The third kappa shape index (κ3) is 3.90. The number of nitro groups is 1. The summed E-state index contributed by atoms with van der Waals surface area (Å²) in [5, 5.41) is 19.5. The Morgan fingerprint density at radius 1 is 1.00 bits per heavy atom. The largest absolute Gasteiger partial charge is 0.269 e. The van der Waals surface area contributed by atoms with Crippen molar-refractivity contribution in [2.75, 3.05) is 0 Å². The van der Waals surface area contributed by atoms with E-state index in [1.54, 1.807) is 26.0 Å². The van der Waals surface area contributed by atoms with Gasteiger partial charge < -0.3 is 0 Å². The molecule has 0 aliphatic carbocycles. The molecule has 5 heteroatoms. The van der Waals surface area contributed by atoms with Crippen LogP contribution < -0.4 is 0 Å². The Kier molecular flexibility index (Phi) is 4.90. The van der Waals surface area contributed by atoms with Gasteiger partial charge in [-0.1, -0.05) is 36.4 Å². The van der Waals surface area contributed by atoms with Crippen LogP contribution in [-0.2, 0) is 23.3 Å². The van der Waals surface area contributed by atoms with E-state index in [1.807, 2.05) is 24.3 Å². The molecule has 0 bridgehead atoms. The van der Waals surface area contributed by atoms with Crippen LogP contribution in [0.15, 0.2) is 48.5 Å². The first-order chi connectivity index (χ1) is 10.4. The van der Waals surface area contributed by atoms with Crippen molar-refractivity contribution in [2.24, 2.45) is 0 Å². The molecule has 116 valence electrons. The molecule has 0 aromatic heterocycles. The molecule has 0 spiro atoms. The van der Waals surface area contributed by atoms with E-state index >= 15 is 0 Å². The molecule has 5 nitrogen and oxygen atoms in total. The molecule has 0 heterocycles. The van der Waals surface area contributed by atoms with E-state index < -0.39 is 10.5 Å². The fourth-order valence-electron chi connectivity index (χ4n) is 2.20. The number of aryl methyl sites for hydroxylation is 2. The summed E-state index contributed by atoms with van der Waals surface area (Å²) in [5.41, 5.74) is 2.51. The van der Waals surface area contributed by atoms with Gasteiger partial charge in [-0.15, -0.1) is 0 Å². The minimum atomic E-state index is -0.725. The van der Waals surface area contributed by atoms with E-state index in [0.29, 0.717) is 0 Å². The van der Waals surface area contributed by atoms with Crippen molar-refractivity contribution in [2.45, 2.75) is 32.3 Å². The molecule has 1 N–H and O–H groups in total. The standard InChI is InChI=1S/C17H19NO4/c1-17(2,22-21)15-9-5-13(6-10-15)3-4-14-7-11-16(12-8-14)18(19)20/h5-12,21H,3-4H2,1-2H3. The summed E-state index contributed by atoms with van der Waals surface area (Å²) in [4.78, 5) is 14.7. The van der Waals surface area contributed by atoms with Gasteiger partial charge in [-0.25, -0.2) is 4.89 Å². The fraction of sp³-hybridized carbons (Fsp3) is 0.294. The molecular formula is C17H19NO4. The molecule has 0 aliphatic heterocycles. The summed E-state index contributed by atoms with van der Waals surface area (Å²) in [6.45, 7) is 3.58. The summed E-state index contributed by atoms with van der Waals surface area (Å²) in [5.74, 6) is 0. The van der Waals surface area contributed by atoms with Gasteiger partial charge in [0.25, 0.3) is 5.69 Å². The predicted molar refractivity (Wildman–Crippen MR) is 83.7 cm³/mol. The second-order valence-electron chi connectivity index (χ2n) is 5.72. The van der Waals surface area contributed by atoms with Gasteiger partial charge in [-0.3, -0.25) is 15.4 Å². The van der Waals surface area contributed by atoms with Crippen molar-refractivity contribution in [3.63, 3.8) is 0 Å². The molecule has 0 aliphatic rings. The summed E-state index contributed by atoms with van der Waals surface area (Å²) in [7, 11) is 0. The zero-order chi connectivity index (χ0) is 16.2. The van der Waals surface area contributed by atoms with Crippen molar-refractivity contribution < 1.29 is 15.1 Å². The van der Waals surface area contributed by atoms with E-state index in [4.69, 9.17) is 5.26 Å². The Balaban J connectivity index is 1.98. The lowest BCUT2D eigenvalue weighted by Gasteiger charge is -2.21. The Labute approximate surface area is 129 Å². The van der Waals surface area contributed by atoms with Gasteiger partial charge in [-0.2, -0.15) is 0 Å². The first kappa shape index (κ1) is 16.1. The topological polar surface area (TPSA) is 72.6 Å². The highest BCUT2D eigenvalue weighted by atomic mass is 17.1. The van der Waals surface area contributed by atoms with E-state index in [-0.39, 0.29) is 5.69 Å². The van der Waals surface area contributed by atoms with Gasteiger partial charge in [0.2, 0.25) is 0 Å². The maximum atomic E-state index is 10.6. The molecule has 22 heavy (non-hydrogen) atoms. The number of nitro benzene ring substituents is 1. The van der Waals surface area contributed by atoms with Crippen LogP contribution in [0, 0.1) is 10.1 Å². The van der Waals surface area contributed by atoms with E-state index in [1.165, 1.54) is 12.1 Å². The average molecular weight is 301 g/mol. The Bertz CT molecular complexity index is 633. The second-order valence-corrected chi connectivity index (χ2v) is 5.72. The molecule has 0 amide bonds. The zero-order valence-electron chi connectivity index (χ0n) is 12.7. The van der Waals surface area contributed by atoms with Gasteiger partial charge in [0.1, 0.15) is 5.60 Å². The lowest BCUT2D eigenvalue weighted by Crippen LogP contribution is -2.19. The van der Waals surface area contributed by atoms with E-state index in [0.717, 1.165) is 29.5 Å². The van der Waals surface area contributed by atoms with Crippen molar-refractivity contribution >= 4 is 5.69 Å². The molecule has 0 unspecified atom stereocenters. The van der Waals surface area contributed by atoms with Gasteiger partial charge in [0, 0.05) is 12.1 Å². The van der Waals surface area contributed by atoms with Gasteiger partial charge in [0.05, 0.1) is 4.92 Å². The van der Waals surface area contributed by atoms with Gasteiger partial charge in [-0.05, 0) is 43.4 Å². The molecule has 2 rings (SSSR count). The van der Waals surface area contributed by atoms with Crippen molar-refractivity contribution in [1.29, 1.82) is 0 Å². The quantitative estimate of drug-likeness (QED) is 0.495. The summed E-state index contributed by atoms with van der Waals surface area (Å²) >= 11 is 0. The van der Waals surface area contributed by atoms with Crippen LogP contribution in [0.2, 0.25) is 0 Å². The van der Waals surface area contributed by atoms with Crippen molar-refractivity contribution in [1.82, 2.24) is 0 Å². The van der Waals surface area contributed by atoms with Gasteiger partial charge in [0.15, 0.2) is 0 Å². The molecular weight excluding hydrogens is 282 g/mol. The van der Waals surface area contributed by atoms with E-state index in [2.05, 4.69) is 4.89 Å². The molecule has 0 atom stereocenters. The highest BCUT2D eigenvalue weighted by Crippen LogP contribution is 2.24. The van der Waals surface area contributed by atoms with E-state index in [9.17, 15) is 10.1 Å².